The van der Waals surface area contributed by atoms with Crippen LogP contribution in [0.3, 0.4) is 0 Å². The molecule has 4 nitrogen and oxygen atoms in total. The summed E-state index contributed by atoms with van der Waals surface area (Å²) in [6.07, 6.45) is 5.35. The Morgan fingerprint density at radius 1 is 1.07 bits per heavy atom. The Labute approximate surface area is 170 Å². The minimum Gasteiger partial charge on any atom is -0.493 e. The number of hydrogen-bond donors (Lipinski definition) is 0. The van der Waals surface area contributed by atoms with Gasteiger partial charge in [0.15, 0.2) is 0 Å². The number of pyridine rings is 1. The molecule has 0 spiro atoms. The second kappa shape index (κ2) is 8.31. The van der Waals surface area contributed by atoms with Crippen molar-refractivity contribution < 1.29 is 9.53 Å². The van der Waals surface area contributed by atoms with Crippen LogP contribution >= 0.6 is 0 Å². The predicted molar refractivity (Wildman–Crippen MR) is 116 cm³/mol. The number of aryl methyl sites for hydroxylation is 2. The molecule has 0 aliphatic rings. The minimum atomic E-state index is -0.0207. The first-order chi connectivity index (χ1) is 14.2. The number of carbonyl (C=O) groups is 1. The van der Waals surface area contributed by atoms with Crippen LogP contribution in [0.2, 0.25) is 0 Å². The molecule has 29 heavy (non-hydrogen) atoms. The van der Waals surface area contributed by atoms with E-state index in [9.17, 15) is 4.79 Å². The number of ether oxygens (including phenoxy) is 1. The van der Waals surface area contributed by atoms with Gasteiger partial charge in [-0.05, 0) is 66.9 Å². The molecule has 0 fully saturated rings. The third kappa shape index (κ3) is 3.92. The summed E-state index contributed by atoms with van der Waals surface area (Å²) in [6, 6.07) is 19.6. The van der Waals surface area contributed by atoms with Gasteiger partial charge in [0, 0.05) is 35.5 Å². The molecular weight excluding hydrogens is 360 g/mol. The van der Waals surface area contributed by atoms with Crippen molar-refractivity contribution in [2.45, 2.75) is 26.7 Å². The highest BCUT2D eigenvalue weighted by Crippen LogP contribution is 2.25. The molecule has 0 aliphatic carbocycles. The van der Waals surface area contributed by atoms with Crippen LogP contribution in [-0.4, -0.2) is 22.1 Å². The average molecular weight is 384 g/mol. The standard InChI is InChI=1S/C25H24N2O2/c1-3-20-7-4-8-24-23(20)16-18(2)27(24)25(28)21-9-11-22(12-10-21)29-15-13-19-6-5-14-26-17-19/h4-12,14,16-17H,3,13,15H2,1-2H3. The van der Waals surface area contributed by atoms with Gasteiger partial charge in [0.1, 0.15) is 5.75 Å². The summed E-state index contributed by atoms with van der Waals surface area (Å²) in [6.45, 7) is 4.68. The summed E-state index contributed by atoms with van der Waals surface area (Å²) in [4.78, 5) is 17.3. The van der Waals surface area contributed by atoms with E-state index in [-0.39, 0.29) is 5.91 Å². The van der Waals surface area contributed by atoms with Crippen molar-refractivity contribution in [2.75, 3.05) is 6.61 Å². The summed E-state index contributed by atoms with van der Waals surface area (Å²) in [5.74, 6) is 0.737. The van der Waals surface area contributed by atoms with Gasteiger partial charge in [-0.3, -0.25) is 14.3 Å². The SMILES string of the molecule is CCc1cccc2c1cc(C)n2C(=O)c1ccc(OCCc2cccnc2)cc1. The number of hydrogen-bond acceptors (Lipinski definition) is 3. The summed E-state index contributed by atoms with van der Waals surface area (Å²) in [5, 5.41) is 1.15. The number of carbonyl (C=O) groups excluding carboxylic acids is 1. The second-order valence-corrected chi connectivity index (χ2v) is 7.11. The van der Waals surface area contributed by atoms with Crippen LogP contribution in [0, 0.1) is 6.92 Å². The van der Waals surface area contributed by atoms with E-state index in [0.29, 0.717) is 12.2 Å². The van der Waals surface area contributed by atoms with Crippen molar-refractivity contribution >= 4 is 16.8 Å². The molecule has 0 amide bonds. The molecule has 0 N–H and O–H groups in total. The van der Waals surface area contributed by atoms with Crippen molar-refractivity contribution in [1.29, 1.82) is 0 Å². The third-order valence-electron chi connectivity index (χ3n) is 5.19. The highest BCUT2D eigenvalue weighted by molar-refractivity contribution is 6.03. The highest BCUT2D eigenvalue weighted by Gasteiger charge is 2.16. The van der Waals surface area contributed by atoms with Crippen molar-refractivity contribution in [1.82, 2.24) is 9.55 Å². The maximum Gasteiger partial charge on any atom is 0.262 e. The monoisotopic (exact) mass is 384 g/mol. The van der Waals surface area contributed by atoms with Crippen molar-refractivity contribution in [3.8, 4) is 5.75 Å². The van der Waals surface area contributed by atoms with Gasteiger partial charge in [-0.1, -0.05) is 25.1 Å². The topological polar surface area (TPSA) is 44.1 Å². The zero-order chi connectivity index (χ0) is 20.2. The van der Waals surface area contributed by atoms with Gasteiger partial charge >= 0.3 is 0 Å². The molecule has 0 saturated carbocycles. The lowest BCUT2D eigenvalue weighted by molar-refractivity contribution is 0.0963. The third-order valence-corrected chi connectivity index (χ3v) is 5.19. The number of aromatic nitrogens is 2. The molecule has 0 unspecified atom stereocenters. The number of fused-ring (bicyclic) bond motifs is 1. The lowest BCUT2D eigenvalue weighted by Crippen LogP contribution is -2.13. The van der Waals surface area contributed by atoms with Crippen LogP contribution in [0.4, 0.5) is 0 Å². The Morgan fingerprint density at radius 2 is 1.90 bits per heavy atom. The fraction of sp³-hybridized carbons (Fsp3) is 0.200. The maximum atomic E-state index is 13.2. The molecule has 4 heteroatoms. The van der Waals surface area contributed by atoms with Gasteiger partial charge in [0.25, 0.3) is 5.91 Å². The highest BCUT2D eigenvalue weighted by atomic mass is 16.5. The van der Waals surface area contributed by atoms with E-state index < -0.39 is 0 Å². The van der Waals surface area contributed by atoms with Gasteiger partial charge in [-0.2, -0.15) is 0 Å². The molecule has 0 atom stereocenters. The fourth-order valence-electron chi connectivity index (χ4n) is 3.66. The van der Waals surface area contributed by atoms with E-state index in [1.165, 1.54) is 5.56 Å². The summed E-state index contributed by atoms with van der Waals surface area (Å²) in [7, 11) is 0. The maximum absolute atomic E-state index is 13.2. The molecule has 0 radical (unpaired) electrons. The van der Waals surface area contributed by atoms with Crippen LogP contribution in [-0.2, 0) is 12.8 Å². The Balaban J connectivity index is 1.50. The Bertz CT molecular complexity index is 1130. The lowest BCUT2D eigenvalue weighted by Gasteiger charge is -2.10. The largest absolute Gasteiger partial charge is 0.493 e. The van der Waals surface area contributed by atoms with Crippen molar-refractivity contribution in [3.63, 3.8) is 0 Å². The molecular formula is C25H24N2O2. The Kier molecular flexibility index (Phi) is 5.43. The molecule has 0 bridgehead atoms. The zero-order valence-electron chi connectivity index (χ0n) is 16.8. The van der Waals surface area contributed by atoms with Crippen LogP contribution in [0.1, 0.15) is 34.1 Å². The van der Waals surface area contributed by atoms with Crippen LogP contribution in [0.25, 0.3) is 10.9 Å². The van der Waals surface area contributed by atoms with Crippen molar-refractivity contribution in [2.24, 2.45) is 0 Å². The van der Waals surface area contributed by atoms with E-state index in [1.807, 2.05) is 61.7 Å². The van der Waals surface area contributed by atoms with Gasteiger partial charge < -0.3 is 4.74 Å². The first kappa shape index (κ1) is 18.9. The fourth-order valence-corrected chi connectivity index (χ4v) is 3.66. The van der Waals surface area contributed by atoms with E-state index in [0.717, 1.165) is 40.8 Å². The minimum absolute atomic E-state index is 0.0207. The van der Waals surface area contributed by atoms with Gasteiger partial charge in [-0.25, -0.2) is 0 Å². The molecule has 0 saturated heterocycles. The first-order valence-electron chi connectivity index (χ1n) is 9.94. The van der Waals surface area contributed by atoms with E-state index in [2.05, 4.69) is 24.0 Å². The molecule has 4 rings (SSSR count). The first-order valence-corrected chi connectivity index (χ1v) is 9.94. The Morgan fingerprint density at radius 3 is 2.62 bits per heavy atom. The molecule has 2 heterocycles. The molecule has 2 aromatic heterocycles. The zero-order valence-corrected chi connectivity index (χ0v) is 16.8. The van der Waals surface area contributed by atoms with Crippen LogP contribution < -0.4 is 4.74 Å². The normalized spacial score (nSPS) is 11.0. The van der Waals surface area contributed by atoms with Crippen molar-refractivity contribution in [3.05, 3.63) is 95.4 Å². The molecule has 2 aromatic carbocycles. The van der Waals surface area contributed by atoms with E-state index in [1.54, 1.807) is 10.8 Å². The number of nitrogens with zero attached hydrogens (tertiary/aromatic N) is 2. The lowest BCUT2D eigenvalue weighted by atomic mass is 10.1. The smallest absolute Gasteiger partial charge is 0.262 e. The summed E-state index contributed by atoms with van der Waals surface area (Å²) >= 11 is 0. The molecule has 146 valence electrons. The second-order valence-electron chi connectivity index (χ2n) is 7.11. The molecule has 0 aliphatic heterocycles. The van der Waals surface area contributed by atoms with Gasteiger partial charge in [-0.15, -0.1) is 0 Å². The van der Waals surface area contributed by atoms with Crippen LogP contribution in [0.15, 0.2) is 73.1 Å². The number of rotatable bonds is 6. The average Bonchev–Trinajstić information content (AvgIpc) is 3.10. The Hall–Kier alpha value is -3.40. The van der Waals surface area contributed by atoms with Gasteiger partial charge in [0.2, 0.25) is 0 Å². The summed E-state index contributed by atoms with van der Waals surface area (Å²) in [5.41, 5.74) is 4.95. The number of benzene rings is 2. The molecule has 4 aromatic rings. The van der Waals surface area contributed by atoms with Crippen LogP contribution in [0.5, 0.6) is 5.75 Å². The quantitative estimate of drug-likeness (QED) is 0.458. The van der Waals surface area contributed by atoms with E-state index in [4.69, 9.17) is 4.74 Å². The predicted octanol–water partition coefficient (Wildman–Crippen LogP) is 5.22. The van der Waals surface area contributed by atoms with E-state index >= 15 is 0 Å². The summed E-state index contributed by atoms with van der Waals surface area (Å²) < 4.78 is 7.61. The van der Waals surface area contributed by atoms with Gasteiger partial charge in [0.05, 0.1) is 12.1 Å².